The molecule has 1 aromatic rings. The summed E-state index contributed by atoms with van der Waals surface area (Å²) in [5.74, 6) is -1.49. The standard InChI is InChI=1S/C19H25F3N2O4S/c1-28-13-16(9-11-29(2,26)27)23-18(25)24-10-8-15(19(20,21)22)12-17(24)14-6-4-3-5-7-14/h3-7,9,11,15-17H,8,10,12-13H2,1-2H3,(H,23,25)/b11-9+/t15-,16+,17+/m0/s1. The number of benzene rings is 1. The third-order valence-corrected chi connectivity index (χ3v) is 5.38. The second-order valence-electron chi connectivity index (χ2n) is 7.05. The van der Waals surface area contributed by atoms with Gasteiger partial charge in [-0.3, -0.25) is 0 Å². The summed E-state index contributed by atoms with van der Waals surface area (Å²) in [6.45, 7) is -0.0438. The van der Waals surface area contributed by atoms with Crippen molar-refractivity contribution in [3.63, 3.8) is 0 Å². The molecule has 10 heteroatoms. The lowest BCUT2D eigenvalue weighted by atomic mass is 9.87. The predicted molar refractivity (Wildman–Crippen MR) is 103 cm³/mol. The van der Waals surface area contributed by atoms with E-state index in [4.69, 9.17) is 4.74 Å². The highest BCUT2D eigenvalue weighted by Crippen LogP contribution is 2.42. The summed E-state index contributed by atoms with van der Waals surface area (Å²) in [5, 5.41) is 3.60. The number of sulfone groups is 1. The lowest BCUT2D eigenvalue weighted by Crippen LogP contribution is -2.51. The van der Waals surface area contributed by atoms with E-state index in [0.29, 0.717) is 5.56 Å². The van der Waals surface area contributed by atoms with Crippen molar-refractivity contribution < 1.29 is 31.1 Å². The van der Waals surface area contributed by atoms with Crippen LogP contribution < -0.4 is 5.32 Å². The summed E-state index contributed by atoms with van der Waals surface area (Å²) in [5.41, 5.74) is 0.617. The first-order chi connectivity index (χ1) is 13.5. The molecule has 1 fully saturated rings. The van der Waals surface area contributed by atoms with Gasteiger partial charge in [-0.05, 0) is 24.5 Å². The van der Waals surface area contributed by atoms with E-state index in [1.165, 1.54) is 18.1 Å². The molecule has 1 heterocycles. The van der Waals surface area contributed by atoms with Crippen molar-refractivity contribution in [1.29, 1.82) is 0 Å². The Labute approximate surface area is 168 Å². The Balaban J connectivity index is 2.22. The molecule has 0 aromatic heterocycles. The van der Waals surface area contributed by atoms with Gasteiger partial charge in [-0.25, -0.2) is 13.2 Å². The van der Waals surface area contributed by atoms with Crippen LogP contribution >= 0.6 is 0 Å². The number of rotatable bonds is 6. The summed E-state index contributed by atoms with van der Waals surface area (Å²) < 4.78 is 67.5. The van der Waals surface area contributed by atoms with Gasteiger partial charge in [-0.1, -0.05) is 30.3 Å². The Morgan fingerprint density at radius 3 is 2.55 bits per heavy atom. The van der Waals surface area contributed by atoms with E-state index in [-0.39, 0.29) is 26.0 Å². The van der Waals surface area contributed by atoms with Gasteiger partial charge in [0.15, 0.2) is 9.84 Å². The summed E-state index contributed by atoms with van der Waals surface area (Å²) in [7, 11) is -2.00. The number of amides is 2. The molecule has 1 aliphatic heterocycles. The molecule has 2 rings (SSSR count). The Morgan fingerprint density at radius 1 is 1.34 bits per heavy atom. The fourth-order valence-corrected chi connectivity index (χ4v) is 3.78. The van der Waals surface area contributed by atoms with Crippen molar-refractivity contribution in [1.82, 2.24) is 10.2 Å². The van der Waals surface area contributed by atoms with Crippen LogP contribution in [0, 0.1) is 5.92 Å². The Hall–Kier alpha value is -2.07. The first-order valence-corrected chi connectivity index (χ1v) is 11.0. The van der Waals surface area contributed by atoms with Crippen molar-refractivity contribution in [2.45, 2.75) is 31.1 Å². The van der Waals surface area contributed by atoms with Crippen molar-refractivity contribution in [2.75, 3.05) is 26.5 Å². The van der Waals surface area contributed by atoms with Crippen LogP contribution in [-0.2, 0) is 14.6 Å². The lowest BCUT2D eigenvalue weighted by molar-refractivity contribution is -0.188. The number of hydrogen-bond acceptors (Lipinski definition) is 4. The lowest BCUT2D eigenvalue weighted by Gasteiger charge is -2.40. The van der Waals surface area contributed by atoms with Gasteiger partial charge >= 0.3 is 12.2 Å². The van der Waals surface area contributed by atoms with Crippen molar-refractivity contribution in [3.8, 4) is 0 Å². The van der Waals surface area contributed by atoms with Gasteiger partial charge in [-0.2, -0.15) is 13.2 Å². The number of hydrogen-bond donors (Lipinski definition) is 1. The van der Waals surface area contributed by atoms with Gasteiger partial charge in [0.05, 0.1) is 24.6 Å². The van der Waals surface area contributed by atoms with Gasteiger partial charge in [0, 0.05) is 25.3 Å². The number of likely N-dealkylation sites (tertiary alicyclic amines) is 1. The number of methoxy groups -OCH3 is 1. The van der Waals surface area contributed by atoms with E-state index >= 15 is 0 Å². The van der Waals surface area contributed by atoms with Crippen LogP contribution in [0.5, 0.6) is 0 Å². The molecule has 0 bridgehead atoms. The summed E-state index contributed by atoms with van der Waals surface area (Å²) in [6, 6.07) is 6.52. The van der Waals surface area contributed by atoms with Gasteiger partial charge in [0.2, 0.25) is 0 Å². The SMILES string of the molecule is COC[C@@H](/C=C/S(C)(=O)=O)NC(=O)N1CC[C@H](C(F)(F)F)C[C@@H]1c1ccccc1. The minimum atomic E-state index is -4.33. The molecule has 162 valence electrons. The van der Waals surface area contributed by atoms with E-state index in [0.717, 1.165) is 11.7 Å². The third-order valence-electron chi connectivity index (χ3n) is 4.72. The smallest absolute Gasteiger partial charge is 0.382 e. The summed E-state index contributed by atoms with van der Waals surface area (Å²) in [6.07, 6.45) is -2.44. The van der Waals surface area contributed by atoms with E-state index in [1.54, 1.807) is 30.3 Å². The first kappa shape index (κ1) is 23.2. The van der Waals surface area contributed by atoms with Crippen molar-refractivity contribution in [3.05, 3.63) is 47.4 Å². The number of nitrogens with one attached hydrogen (secondary N) is 1. The molecule has 0 saturated carbocycles. The highest BCUT2D eigenvalue weighted by Gasteiger charge is 2.45. The van der Waals surface area contributed by atoms with Crippen LogP contribution in [0.15, 0.2) is 41.8 Å². The van der Waals surface area contributed by atoms with Crippen molar-refractivity contribution >= 4 is 15.9 Å². The van der Waals surface area contributed by atoms with Crippen LogP contribution in [0.2, 0.25) is 0 Å². The molecule has 2 amide bonds. The highest BCUT2D eigenvalue weighted by atomic mass is 32.2. The molecule has 0 unspecified atom stereocenters. The minimum absolute atomic E-state index is 0.0206. The molecule has 0 aliphatic carbocycles. The number of carbonyl (C=O) groups is 1. The maximum absolute atomic E-state index is 13.3. The number of carbonyl (C=O) groups excluding carboxylic acids is 1. The largest absolute Gasteiger partial charge is 0.391 e. The van der Waals surface area contributed by atoms with Crippen LogP contribution in [-0.4, -0.2) is 58.1 Å². The zero-order chi connectivity index (χ0) is 21.7. The molecule has 1 saturated heterocycles. The normalized spacial score (nSPS) is 21.9. The van der Waals surface area contributed by atoms with Crippen LogP contribution in [0.1, 0.15) is 24.4 Å². The Bertz CT molecular complexity index is 812. The molecular formula is C19H25F3N2O4S. The molecule has 0 spiro atoms. The van der Waals surface area contributed by atoms with E-state index in [2.05, 4.69) is 5.32 Å². The average Bonchev–Trinajstić information content (AvgIpc) is 2.65. The molecule has 6 nitrogen and oxygen atoms in total. The average molecular weight is 434 g/mol. The molecular weight excluding hydrogens is 409 g/mol. The number of alkyl halides is 3. The number of urea groups is 1. The third kappa shape index (κ3) is 7.04. The zero-order valence-corrected chi connectivity index (χ0v) is 17.0. The van der Waals surface area contributed by atoms with E-state index in [1.807, 2.05) is 0 Å². The molecule has 1 aliphatic rings. The fourth-order valence-electron chi connectivity index (χ4n) is 3.30. The highest BCUT2D eigenvalue weighted by molar-refractivity contribution is 7.93. The number of nitrogens with zero attached hydrogens (tertiary/aromatic N) is 1. The molecule has 29 heavy (non-hydrogen) atoms. The Morgan fingerprint density at radius 2 is 2.00 bits per heavy atom. The summed E-state index contributed by atoms with van der Waals surface area (Å²) in [4.78, 5) is 14.2. The number of piperidine rings is 1. The second kappa shape index (κ2) is 9.62. The van der Waals surface area contributed by atoms with Crippen LogP contribution in [0.25, 0.3) is 0 Å². The topological polar surface area (TPSA) is 75.7 Å². The van der Waals surface area contributed by atoms with Crippen molar-refractivity contribution in [2.24, 2.45) is 5.92 Å². The number of ether oxygens (including phenoxy) is 1. The zero-order valence-electron chi connectivity index (χ0n) is 16.2. The van der Waals surface area contributed by atoms with Gasteiger partial charge in [-0.15, -0.1) is 0 Å². The van der Waals surface area contributed by atoms with Gasteiger partial charge in [0.1, 0.15) is 0 Å². The van der Waals surface area contributed by atoms with Gasteiger partial charge in [0.25, 0.3) is 0 Å². The first-order valence-electron chi connectivity index (χ1n) is 9.07. The Kier molecular flexibility index (Phi) is 7.70. The van der Waals surface area contributed by atoms with Crippen LogP contribution in [0.4, 0.5) is 18.0 Å². The molecule has 3 atom stereocenters. The van der Waals surface area contributed by atoms with E-state index in [9.17, 15) is 26.4 Å². The maximum Gasteiger partial charge on any atom is 0.391 e. The predicted octanol–water partition coefficient (Wildman–Crippen LogP) is 3.28. The maximum atomic E-state index is 13.3. The minimum Gasteiger partial charge on any atom is -0.382 e. The van der Waals surface area contributed by atoms with Crippen LogP contribution in [0.3, 0.4) is 0 Å². The monoisotopic (exact) mass is 434 g/mol. The molecule has 0 radical (unpaired) electrons. The second-order valence-corrected chi connectivity index (χ2v) is 8.98. The molecule has 1 N–H and O–H groups in total. The quantitative estimate of drug-likeness (QED) is 0.746. The van der Waals surface area contributed by atoms with Gasteiger partial charge < -0.3 is 15.0 Å². The summed E-state index contributed by atoms with van der Waals surface area (Å²) >= 11 is 0. The van der Waals surface area contributed by atoms with E-state index < -0.39 is 40.0 Å². The molecule has 1 aromatic carbocycles. The number of halogens is 3. The fraction of sp³-hybridized carbons (Fsp3) is 0.526.